The Bertz CT molecular complexity index is 474. The third kappa shape index (κ3) is 8.92. The van der Waals surface area contributed by atoms with Gasteiger partial charge in [0, 0.05) is 5.56 Å². The van der Waals surface area contributed by atoms with E-state index in [1.807, 2.05) is 0 Å². The summed E-state index contributed by atoms with van der Waals surface area (Å²) in [6, 6.07) is 4.17. The van der Waals surface area contributed by atoms with Gasteiger partial charge in [0.2, 0.25) is 0 Å². The van der Waals surface area contributed by atoms with Crippen LogP contribution in [0.25, 0.3) is 0 Å². The van der Waals surface area contributed by atoms with E-state index in [0.717, 1.165) is 13.0 Å². The number of rotatable bonds is 14. The van der Waals surface area contributed by atoms with Gasteiger partial charge in [0.25, 0.3) is 0 Å². The quantitative estimate of drug-likeness (QED) is 0.260. The number of ketones is 1. The predicted molar refractivity (Wildman–Crippen MR) is 98.8 cm³/mol. The lowest BCUT2D eigenvalue weighted by molar-refractivity contribution is 0.0990. The zero-order valence-electron chi connectivity index (χ0n) is 15.0. The van der Waals surface area contributed by atoms with Gasteiger partial charge in [0.05, 0.1) is 6.54 Å². The Kier molecular flexibility index (Phi) is 10.9. The lowest BCUT2D eigenvalue weighted by Gasteiger charge is -2.06. The normalized spacial score (nSPS) is 10.9. The second-order valence-corrected chi connectivity index (χ2v) is 6.49. The molecule has 0 bridgehead atoms. The van der Waals surface area contributed by atoms with Crippen molar-refractivity contribution in [3.8, 4) is 11.5 Å². The highest BCUT2D eigenvalue weighted by molar-refractivity contribution is 5.98. The summed E-state index contributed by atoms with van der Waals surface area (Å²) in [5.41, 5.74) is 0.417. The number of Topliss-reactive ketones (excluding diaryl/α,β-unsaturated/α-hetero) is 1. The van der Waals surface area contributed by atoms with Crippen molar-refractivity contribution in [1.82, 2.24) is 5.32 Å². The molecule has 0 fully saturated rings. The fraction of sp³-hybridized carbons (Fsp3) is 0.650. The van der Waals surface area contributed by atoms with E-state index < -0.39 is 0 Å². The molecule has 0 heterocycles. The molecule has 0 unspecified atom stereocenters. The average Bonchev–Trinajstić information content (AvgIpc) is 2.58. The van der Waals surface area contributed by atoms with Crippen LogP contribution in [0.3, 0.4) is 0 Å². The molecule has 0 amide bonds. The predicted octanol–water partition coefficient (Wildman–Crippen LogP) is 4.79. The third-order valence-corrected chi connectivity index (χ3v) is 4.29. The highest BCUT2D eigenvalue weighted by Gasteiger charge is 2.08. The molecule has 4 nitrogen and oxygen atoms in total. The largest absolute Gasteiger partial charge is 0.504 e. The lowest BCUT2D eigenvalue weighted by Crippen LogP contribution is -2.24. The van der Waals surface area contributed by atoms with Crippen LogP contribution >= 0.6 is 0 Å². The fourth-order valence-corrected chi connectivity index (χ4v) is 2.74. The van der Waals surface area contributed by atoms with E-state index in [4.69, 9.17) is 0 Å². The van der Waals surface area contributed by atoms with Crippen LogP contribution < -0.4 is 5.32 Å². The van der Waals surface area contributed by atoms with Gasteiger partial charge in [-0.25, -0.2) is 0 Å². The maximum Gasteiger partial charge on any atom is 0.176 e. The van der Waals surface area contributed by atoms with Gasteiger partial charge in [-0.05, 0) is 31.2 Å². The molecule has 3 N–H and O–H groups in total. The van der Waals surface area contributed by atoms with Crippen molar-refractivity contribution in [3.05, 3.63) is 23.8 Å². The molecule has 0 spiro atoms. The highest BCUT2D eigenvalue weighted by atomic mass is 16.3. The minimum atomic E-state index is -0.254. The van der Waals surface area contributed by atoms with Gasteiger partial charge in [0.15, 0.2) is 17.3 Å². The Labute approximate surface area is 146 Å². The van der Waals surface area contributed by atoms with Crippen molar-refractivity contribution in [2.75, 3.05) is 13.1 Å². The molecule has 1 aromatic rings. The van der Waals surface area contributed by atoms with Crippen molar-refractivity contribution in [3.63, 3.8) is 0 Å². The molecule has 0 aliphatic rings. The van der Waals surface area contributed by atoms with Crippen molar-refractivity contribution in [2.45, 2.75) is 71.1 Å². The molecule has 136 valence electrons. The van der Waals surface area contributed by atoms with Gasteiger partial charge in [-0.3, -0.25) is 4.79 Å². The Morgan fingerprint density at radius 3 is 2.04 bits per heavy atom. The summed E-state index contributed by atoms with van der Waals surface area (Å²) in [4.78, 5) is 11.9. The first-order valence-corrected chi connectivity index (χ1v) is 9.41. The number of phenolic OH excluding ortho intramolecular Hbond substituents is 2. The second-order valence-electron chi connectivity index (χ2n) is 6.49. The number of hydrogen-bond donors (Lipinski definition) is 3. The number of phenols is 2. The standard InChI is InChI=1S/C20H33NO3/c1-2-3-4-5-6-7-8-9-10-11-14-21-16-20(24)17-12-13-18(22)19(23)15-17/h12-13,15,21-23H,2-11,14,16H2,1H3. The Morgan fingerprint density at radius 1 is 0.875 bits per heavy atom. The van der Waals surface area contributed by atoms with Gasteiger partial charge >= 0.3 is 0 Å². The van der Waals surface area contributed by atoms with Crippen LogP contribution in [0.4, 0.5) is 0 Å². The van der Waals surface area contributed by atoms with Crippen LogP contribution in [0, 0.1) is 0 Å². The number of carbonyl (C=O) groups is 1. The summed E-state index contributed by atoms with van der Waals surface area (Å²) in [7, 11) is 0. The van der Waals surface area contributed by atoms with Gasteiger partial charge in [-0.2, -0.15) is 0 Å². The fourth-order valence-electron chi connectivity index (χ4n) is 2.74. The van der Waals surface area contributed by atoms with E-state index in [0.29, 0.717) is 5.56 Å². The van der Waals surface area contributed by atoms with E-state index in [2.05, 4.69) is 12.2 Å². The maximum atomic E-state index is 11.9. The van der Waals surface area contributed by atoms with Gasteiger partial charge in [-0.15, -0.1) is 0 Å². The maximum absolute atomic E-state index is 11.9. The van der Waals surface area contributed by atoms with Crippen molar-refractivity contribution >= 4 is 5.78 Å². The van der Waals surface area contributed by atoms with Crippen LogP contribution in [0.5, 0.6) is 11.5 Å². The monoisotopic (exact) mass is 335 g/mol. The molecule has 0 radical (unpaired) electrons. The van der Waals surface area contributed by atoms with E-state index >= 15 is 0 Å². The average molecular weight is 335 g/mol. The number of nitrogens with one attached hydrogen (secondary N) is 1. The first kappa shape index (κ1) is 20.5. The van der Waals surface area contributed by atoms with Crippen LogP contribution in [0.2, 0.25) is 0 Å². The molecule has 24 heavy (non-hydrogen) atoms. The second kappa shape index (κ2) is 12.8. The van der Waals surface area contributed by atoms with Crippen LogP contribution in [-0.2, 0) is 0 Å². The first-order chi connectivity index (χ1) is 11.6. The molecule has 0 aromatic heterocycles. The third-order valence-electron chi connectivity index (χ3n) is 4.29. The van der Waals surface area contributed by atoms with Crippen molar-refractivity contribution in [1.29, 1.82) is 0 Å². The summed E-state index contributed by atoms with van der Waals surface area (Å²) in [6.45, 7) is 3.35. The summed E-state index contributed by atoms with van der Waals surface area (Å²) in [5, 5.41) is 21.8. The summed E-state index contributed by atoms with van der Waals surface area (Å²) < 4.78 is 0. The number of aromatic hydroxyl groups is 2. The molecular formula is C20H33NO3. The lowest BCUT2D eigenvalue weighted by atomic mass is 10.1. The number of hydrogen-bond acceptors (Lipinski definition) is 4. The topological polar surface area (TPSA) is 69.6 Å². The molecule has 1 rings (SSSR count). The van der Waals surface area contributed by atoms with Crippen molar-refractivity contribution < 1.29 is 15.0 Å². The van der Waals surface area contributed by atoms with Crippen LogP contribution in [0.1, 0.15) is 81.5 Å². The highest BCUT2D eigenvalue weighted by Crippen LogP contribution is 2.24. The molecule has 0 aliphatic carbocycles. The minimum absolute atomic E-state index is 0.0719. The molecule has 0 saturated heterocycles. The van der Waals surface area contributed by atoms with E-state index in [1.165, 1.54) is 76.0 Å². The summed E-state index contributed by atoms with van der Waals surface area (Å²) >= 11 is 0. The molecular weight excluding hydrogens is 302 g/mol. The Balaban J connectivity index is 1.96. The van der Waals surface area contributed by atoms with Gasteiger partial charge in [0.1, 0.15) is 0 Å². The zero-order chi connectivity index (χ0) is 17.6. The molecule has 0 saturated carbocycles. The van der Waals surface area contributed by atoms with E-state index in [9.17, 15) is 15.0 Å². The van der Waals surface area contributed by atoms with Gasteiger partial charge in [-0.1, -0.05) is 64.7 Å². The van der Waals surface area contributed by atoms with Crippen LogP contribution in [0.15, 0.2) is 18.2 Å². The minimum Gasteiger partial charge on any atom is -0.504 e. The van der Waals surface area contributed by atoms with E-state index in [1.54, 1.807) is 0 Å². The van der Waals surface area contributed by atoms with Crippen molar-refractivity contribution in [2.24, 2.45) is 0 Å². The molecule has 4 heteroatoms. The zero-order valence-corrected chi connectivity index (χ0v) is 15.0. The SMILES string of the molecule is CCCCCCCCCCCCNCC(=O)c1ccc(O)c(O)c1. The molecule has 0 atom stereocenters. The summed E-state index contributed by atoms with van der Waals surface area (Å²) in [6.07, 6.45) is 13.0. The Hall–Kier alpha value is -1.55. The number of unbranched alkanes of at least 4 members (excludes halogenated alkanes) is 9. The molecule has 1 aromatic carbocycles. The molecule has 0 aliphatic heterocycles. The first-order valence-electron chi connectivity index (χ1n) is 9.41. The van der Waals surface area contributed by atoms with E-state index in [-0.39, 0.29) is 23.8 Å². The van der Waals surface area contributed by atoms with Crippen LogP contribution in [-0.4, -0.2) is 29.1 Å². The number of carbonyl (C=O) groups excluding carboxylic acids is 1. The smallest absolute Gasteiger partial charge is 0.176 e. The van der Waals surface area contributed by atoms with Gasteiger partial charge < -0.3 is 15.5 Å². The Morgan fingerprint density at radius 2 is 1.46 bits per heavy atom. The number of benzene rings is 1. The summed E-state index contributed by atoms with van der Waals surface area (Å²) in [5.74, 6) is -0.530.